The van der Waals surface area contributed by atoms with Crippen molar-refractivity contribution < 1.29 is 13.1 Å². The van der Waals surface area contributed by atoms with Crippen LogP contribution in [0.25, 0.3) is 0 Å². The van der Waals surface area contributed by atoms with E-state index < -0.39 is 13.1 Å². The fourth-order valence-corrected chi connectivity index (χ4v) is 23.7. The Balaban J connectivity index is 2.75. The molecule has 4 heteroatoms. The number of hydrogen-bond acceptors (Lipinski definition) is 3. The van der Waals surface area contributed by atoms with Crippen molar-refractivity contribution in [2.24, 2.45) is 12.9 Å². The normalized spacial score (nSPS) is 62.1. The van der Waals surface area contributed by atoms with Crippen molar-refractivity contribution in [1.29, 1.82) is 0 Å². The summed E-state index contributed by atoms with van der Waals surface area (Å²) in [5.74, 6) is 0. The van der Waals surface area contributed by atoms with E-state index in [1.54, 1.807) is 0 Å². The first-order valence-corrected chi connectivity index (χ1v) is 12.8. The Labute approximate surface area is 45.6 Å². The molecule has 6 N–H and O–H groups in total. The van der Waals surface area contributed by atoms with Crippen LogP contribution in [0, 0.1) is 0 Å². The zero-order valence-electron chi connectivity index (χ0n) is 4.88. The van der Waals surface area contributed by atoms with Crippen LogP contribution in [0.4, 0.5) is 0 Å². The fourth-order valence-electron chi connectivity index (χ4n) is 0.631. The van der Waals surface area contributed by atoms with Crippen LogP contribution in [0.2, 0.25) is 19.2 Å². The molecule has 2 saturated heterocycles. The van der Waals surface area contributed by atoms with Gasteiger partial charge in [-0.3, -0.25) is 0 Å². The molecular formula is C4H14N3Pt. The summed E-state index contributed by atoms with van der Waals surface area (Å²) in [6, 6.07) is 0. The minimum absolute atomic E-state index is 0.966. The summed E-state index contributed by atoms with van der Waals surface area (Å²) in [6.45, 7) is 0. The van der Waals surface area contributed by atoms with E-state index in [1.165, 1.54) is 0 Å². The summed E-state index contributed by atoms with van der Waals surface area (Å²) in [4.78, 5) is 3.87. The van der Waals surface area contributed by atoms with E-state index in [-0.39, 0.29) is 0 Å². The van der Waals surface area contributed by atoms with Crippen molar-refractivity contribution in [2.75, 3.05) is 0 Å². The van der Waals surface area contributed by atoms with Crippen molar-refractivity contribution in [1.82, 2.24) is 0 Å². The van der Waals surface area contributed by atoms with Gasteiger partial charge >= 0.3 is 45.2 Å². The number of hydrogen-bond donors (Lipinski definition) is 3. The van der Waals surface area contributed by atoms with E-state index in [1.807, 2.05) is 0 Å². The van der Waals surface area contributed by atoms with Crippen LogP contribution in [-0.4, -0.2) is 0 Å². The van der Waals surface area contributed by atoms with Crippen LogP contribution in [-0.2, 0) is 13.1 Å². The molecule has 2 rings (SSSR count). The predicted molar refractivity (Wildman–Crippen MR) is 31.8 cm³/mol. The van der Waals surface area contributed by atoms with Gasteiger partial charge in [0, 0.05) is 0 Å². The fraction of sp³-hybridized carbons (Fsp3) is 1.00. The summed E-state index contributed by atoms with van der Waals surface area (Å²) in [5.41, 5.74) is 0. The van der Waals surface area contributed by atoms with E-state index >= 15 is 0 Å². The van der Waals surface area contributed by atoms with Gasteiger partial charge in [0.25, 0.3) is 0 Å². The van der Waals surface area contributed by atoms with Gasteiger partial charge in [0.1, 0.15) is 0 Å². The Morgan fingerprint density at radius 3 is 1.00 bits per heavy atom. The summed E-state index contributed by atoms with van der Waals surface area (Å²) in [5, 5.41) is 0. The molecule has 2 aliphatic rings. The number of rotatable bonds is 0. The third kappa shape index (κ3) is 0.400. The van der Waals surface area contributed by atoms with Crippen LogP contribution >= 0.6 is 0 Å². The van der Waals surface area contributed by atoms with Crippen LogP contribution < -0.4 is 12.9 Å². The zero-order valence-corrected chi connectivity index (χ0v) is 7.15. The van der Waals surface area contributed by atoms with E-state index in [9.17, 15) is 0 Å². The molecule has 0 bridgehead atoms. The van der Waals surface area contributed by atoms with E-state index in [0.717, 1.165) is 19.2 Å². The van der Waals surface area contributed by atoms with Gasteiger partial charge in [0.15, 0.2) is 0 Å². The molecule has 1 spiro atoms. The van der Waals surface area contributed by atoms with Crippen LogP contribution in [0.15, 0.2) is 0 Å². The van der Waals surface area contributed by atoms with E-state index in [4.69, 9.17) is 12.9 Å². The molecule has 0 saturated carbocycles. The molecule has 0 atom stereocenters. The molecule has 0 aromatic rings. The quantitative estimate of drug-likeness (QED) is 0.592. The maximum atomic E-state index is 6.04. The van der Waals surface area contributed by atoms with E-state index in [0.29, 0.717) is 0 Å². The summed E-state index contributed by atoms with van der Waals surface area (Å²) in [7, 11) is 0. The summed E-state index contributed by atoms with van der Waals surface area (Å²) < 4.78 is 18.1. The van der Waals surface area contributed by atoms with Gasteiger partial charge in [-0.05, 0) is 0 Å². The Morgan fingerprint density at radius 1 is 0.750 bits per heavy atom. The van der Waals surface area contributed by atoms with Crippen molar-refractivity contribution >= 4 is 0 Å². The zero-order chi connectivity index (χ0) is 6.21. The third-order valence-corrected chi connectivity index (χ3v) is 18.9. The number of nitrogens with two attached hydrogens (primary N) is 3. The molecule has 2 heterocycles. The molecular weight excluding hydrogens is 285 g/mol. The van der Waals surface area contributed by atoms with Crippen molar-refractivity contribution in [3.05, 3.63) is 0 Å². The second-order valence-corrected chi connectivity index (χ2v) is 28.2. The molecule has 0 aliphatic carbocycles. The molecule has 2 aliphatic heterocycles. The first-order valence-electron chi connectivity index (χ1n) is 2.44. The Morgan fingerprint density at radius 2 is 1.00 bits per heavy atom. The molecule has 2 fully saturated rings. The van der Waals surface area contributed by atoms with Gasteiger partial charge < -0.3 is 0 Å². The molecule has 0 aromatic heterocycles. The molecule has 55 valence electrons. The van der Waals surface area contributed by atoms with Crippen molar-refractivity contribution in [3.8, 4) is 0 Å². The van der Waals surface area contributed by atoms with Crippen LogP contribution in [0.3, 0.4) is 0 Å². The van der Waals surface area contributed by atoms with Crippen LogP contribution in [0.1, 0.15) is 0 Å². The topological polar surface area (TPSA) is 78.1 Å². The Bertz CT molecular complexity index is 172. The monoisotopic (exact) mass is 299 g/mol. The summed E-state index contributed by atoms with van der Waals surface area (Å²) >= 11 is -3.67. The van der Waals surface area contributed by atoms with Gasteiger partial charge in [-0.15, -0.1) is 0 Å². The Kier molecular flexibility index (Phi) is 0.335. The predicted octanol–water partition coefficient (Wildman–Crippen LogP) is 0.0689. The maximum absolute atomic E-state index is 6.04. The van der Waals surface area contributed by atoms with Crippen molar-refractivity contribution in [3.63, 3.8) is 0 Å². The third-order valence-electron chi connectivity index (χ3n) is 2.31. The molecule has 0 aromatic carbocycles. The molecule has 8 heavy (non-hydrogen) atoms. The van der Waals surface area contributed by atoms with Gasteiger partial charge in [0.05, 0.1) is 0 Å². The van der Waals surface area contributed by atoms with Crippen LogP contribution in [0.5, 0.6) is 0 Å². The molecule has 0 radical (unpaired) electrons. The molecule has 3 nitrogen and oxygen atoms in total. The Hall–Kier alpha value is 0.568. The second kappa shape index (κ2) is 0.499. The van der Waals surface area contributed by atoms with Gasteiger partial charge in [-0.25, -0.2) is 0 Å². The molecule has 0 amide bonds. The van der Waals surface area contributed by atoms with Gasteiger partial charge in [-0.1, -0.05) is 0 Å². The average molecular weight is 299 g/mol. The average Bonchev–Trinajstić information content (AvgIpc) is 2.27. The SMILES string of the molecule is [NH2][Pt]12([NH2])([NH2])([CH2][CH2]1)[CH2][CH2]2. The first-order chi connectivity index (χ1) is 3.20. The molecule has 0 unspecified atom stereocenters. The summed E-state index contributed by atoms with van der Waals surface area (Å²) in [6.07, 6.45) is 0. The van der Waals surface area contributed by atoms with Crippen molar-refractivity contribution in [2.45, 2.75) is 19.2 Å². The minimum atomic E-state index is -3.67. The van der Waals surface area contributed by atoms with Gasteiger partial charge in [0.2, 0.25) is 0 Å². The van der Waals surface area contributed by atoms with E-state index in [2.05, 4.69) is 0 Å². The first kappa shape index (κ1) is 5.36. The standard InChI is InChI=1S/2C2H4.3H2N.Pt/c2*1-2;;;;/h2*1-2H2;3*1H2;/q;;3*-1;+3. The van der Waals surface area contributed by atoms with Gasteiger partial charge in [-0.2, -0.15) is 0 Å². The second-order valence-electron chi connectivity index (χ2n) is 3.45.